The van der Waals surface area contributed by atoms with E-state index in [0.29, 0.717) is 52.0 Å². The molecule has 11 N–H and O–H groups in total. The van der Waals surface area contributed by atoms with E-state index in [9.17, 15) is 74.7 Å². The Labute approximate surface area is 735 Å². The number of aromatic nitrogens is 12. The fourth-order valence-corrected chi connectivity index (χ4v) is 22.1. The van der Waals surface area contributed by atoms with E-state index in [-0.39, 0.29) is 163 Å². The molecule has 6 fully saturated rings. The van der Waals surface area contributed by atoms with Crippen LogP contribution in [0.1, 0.15) is 133 Å². The first-order valence-electron chi connectivity index (χ1n) is 40.8. The second kappa shape index (κ2) is 38.0. The molecule has 48 heteroatoms. The van der Waals surface area contributed by atoms with Crippen molar-refractivity contribution in [3.63, 3.8) is 0 Å². The Bertz CT molecular complexity index is 6270. The molecule has 0 spiro atoms. The number of fused-ring (bicyclic) bond motifs is 3. The van der Waals surface area contributed by atoms with Crippen LogP contribution in [0.25, 0.3) is 33.5 Å². The van der Waals surface area contributed by atoms with Crippen molar-refractivity contribution >= 4 is 97.1 Å². The number of phosphoric ester groups is 3. The summed E-state index contributed by atoms with van der Waals surface area (Å²) in [6, 6.07) is 13.8. The minimum atomic E-state index is -4.08. The lowest BCUT2D eigenvalue weighted by Crippen LogP contribution is -2.45. The third kappa shape index (κ3) is 21.3. The number of aromatic amines is 3. The Balaban J connectivity index is 0.000000150. The maximum atomic E-state index is 13.9. The molecule has 16 rings (SSSR count). The van der Waals surface area contributed by atoms with Gasteiger partial charge in [0.15, 0.2) is 85.0 Å². The van der Waals surface area contributed by atoms with Gasteiger partial charge in [-0.05, 0) is 137 Å². The lowest BCUT2D eigenvalue weighted by Gasteiger charge is -2.40. The number of nitrogens with zero attached hydrogens (tertiary/aromatic N) is 10. The summed E-state index contributed by atoms with van der Waals surface area (Å²) in [5, 5.41) is 31.2. The smallest absolute Gasteiger partial charge is 0.413 e. The fraction of sp³-hybridized carbons (Fsp3) is 0.444. The molecule has 15 atom stereocenters. The Morgan fingerprint density at radius 1 is 0.519 bits per heavy atom. The zero-order valence-electron chi connectivity index (χ0n) is 71.7. The number of phosphoric acid groups is 3. The van der Waals surface area contributed by atoms with Crippen LogP contribution in [-0.4, -0.2) is 148 Å². The van der Waals surface area contributed by atoms with E-state index in [1.807, 2.05) is 4.57 Å². The first-order chi connectivity index (χ1) is 60.6. The van der Waals surface area contributed by atoms with Crippen LogP contribution >= 0.6 is 23.5 Å². The van der Waals surface area contributed by atoms with Crippen LogP contribution in [0, 0.1) is 62.8 Å². The zero-order valence-corrected chi connectivity index (χ0v) is 76.4. The van der Waals surface area contributed by atoms with Gasteiger partial charge in [0.2, 0.25) is 17.8 Å². The summed E-state index contributed by atoms with van der Waals surface area (Å²) in [6.07, 6.45) is 2.86. The molecule has 0 radical (unpaired) electrons. The number of imidazole rings is 3. The summed E-state index contributed by atoms with van der Waals surface area (Å²) in [6.45, 7) is 34.0. The Hall–Kier alpha value is -10.0. The maximum Gasteiger partial charge on any atom is 0.530 e. The van der Waals surface area contributed by atoms with E-state index in [0.717, 1.165) is 42.0 Å². The van der Waals surface area contributed by atoms with Crippen molar-refractivity contribution < 1.29 is 105 Å². The van der Waals surface area contributed by atoms with E-state index in [2.05, 4.69) is 132 Å². The van der Waals surface area contributed by atoms with E-state index in [1.54, 1.807) is 15.5 Å². The molecule has 9 heterocycles. The average Bonchev–Trinajstić information content (AvgIpc) is 1.60. The zero-order chi connectivity index (χ0) is 93.7. The number of nitrogen functional groups attached to an aromatic ring is 3. The van der Waals surface area contributed by atoms with E-state index in [1.165, 1.54) is 55.1 Å². The second-order valence-electron chi connectivity index (χ2n) is 34.7. The van der Waals surface area contributed by atoms with E-state index >= 15 is 0 Å². The number of aliphatic hydroxyl groups excluding tert-OH is 2. The number of anilines is 3. The highest BCUT2D eigenvalue weighted by Gasteiger charge is 2.51. The Morgan fingerprint density at radius 2 is 0.853 bits per heavy atom. The molecule has 1 unspecified atom stereocenters. The van der Waals surface area contributed by atoms with Gasteiger partial charge in [0, 0.05) is 49.1 Å². The van der Waals surface area contributed by atoms with E-state index < -0.39 is 133 Å². The number of nitro groups is 1. The first-order valence-corrected chi connectivity index (χ1v) is 51.0. The molecule has 694 valence electrons. The summed E-state index contributed by atoms with van der Waals surface area (Å²) in [7, 11) is -16.4. The Kier molecular flexibility index (Phi) is 28.5. The van der Waals surface area contributed by atoms with Gasteiger partial charge in [0.1, 0.15) is 5.75 Å². The normalized spacial score (nSPS) is 26.3. The Morgan fingerprint density at radius 3 is 1.21 bits per heavy atom. The molecule has 129 heavy (non-hydrogen) atoms. The van der Waals surface area contributed by atoms with Gasteiger partial charge in [-0.25, -0.2) is 55.0 Å². The molecule has 3 aliphatic carbocycles. The van der Waals surface area contributed by atoms with Gasteiger partial charge in [-0.3, -0.25) is 75.6 Å². The van der Waals surface area contributed by atoms with Gasteiger partial charge in [-0.1, -0.05) is 79.5 Å². The van der Waals surface area contributed by atoms with Crippen LogP contribution in [0.4, 0.5) is 49.9 Å². The van der Waals surface area contributed by atoms with Crippen molar-refractivity contribution in [3.05, 3.63) is 227 Å². The summed E-state index contributed by atoms with van der Waals surface area (Å²) in [5.74, 6) is -7.34. The summed E-state index contributed by atoms with van der Waals surface area (Å²) < 4.78 is 187. The summed E-state index contributed by atoms with van der Waals surface area (Å²) >= 11 is 0. The van der Waals surface area contributed by atoms with Crippen LogP contribution < -0.4 is 38.4 Å². The molecule has 0 amide bonds. The van der Waals surface area contributed by atoms with Gasteiger partial charge < -0.3 is 54.5 Å². The minimum absolute atomic E-state index is 0.0143. The molecule has 3 saturated carbocycles. The van der Waals surface area contributed by atoms with Gasteiger partial charge in [0.05, 0.1) is 118 Å². The predicted molar refractivity (Wildman–Crippen MR) is 464 cm³/mol. The number of rotatable bonds is 20. The van der Waals surface area contributed by atoms with E-state index in [4.69, 9.17) is 66.8 Å². The quantitative estimate of drug-likeness (QED) is 0.00877. The number of nitrogens with two attached hydrogens (primary N) is 3. The van der Waals surface area contributed by atoms with Gasteiger partial charge in [-0.2, -0.15) is 15.0 Å². The molecular weight excluding hydrogens is 1800 g/mol. The third-order valence-electron chi connectivity index (χ3n) is 24.2. The number of H-pyrrole nitrogens is 3. The molecule has 6 aliphatic rings. The number of halogens is 6. The summed E-state index contributed by atoms with van der Waals surface area (Å²) in [5.41, 5.74) is 20.2. The number of hydrogen-bond donors (Lipinski definition) is 8. The lowest BCUT2D eigenvalue weighted by atomic mass is 10.0. The van der Waals surface area contributed by atoms with Gasteiger partial charge in [0.25, 0.3) is 22.4 Å². The number of aliphatic hydroxyl groups is 2. The highest BCUT2D eigenvalue weighted by Crippen LogP contribution is 2.61. The van der Waals surface area contributed by atoms with Crippen molar-refractivity contribution in [1.82, 2.24) is 58.6 Å². The average molecular weight is 1900 g/mol. The SMILES string of the molecule is C=C1[C@H](CO)[C@@H](O[Si](C)(C)C(C)(C)C)C[C@@H]1n1cnc2c(=O)[nH]c(N)nc21.C=C1[C@H](CO[P@]2(=O)OCC[C@H](c3ccc(F)c(F)c3)O2)[C@@H](O)C[C@@H]1n1cnc2c(=O)[nH]c(N)nc21.C=C1[C@H](CO[P@]2(=O)OCC[C@H](c3ccc(F)c(F)c3)O2)[C@@H](O[Si](C)(C)C(C)(C)C)C[C@@H]1n1cnc2c(=O)[nH]c(N)nc21.O=[N+]([O-])c1ccc(OP2(=O)OCC[C@H](c3ccc(F)c(F)c3)O2)cc1. The number of nitrogens with one attached hydrogen (secondary N) is 3. The highest BCUT2D eigenvalue weighted by atomic mass is 31.2. The maximum absolute atomic E-state index is 13.9. The van der Waals surface area contributed by atoms with Gasteiger partial charge in [-0.15, -0.1) is 0 Å². The van der Waals surface area contributed by atoms with Gasteiger partial charge >= 0.3 is 23.5 Å². The van der Waals surface area contributed by atoms with Crippen LogP contribution in [0.2, 0.25) is 36.3 Å². The molecule has 4 aromatic carbocycles. The van der Waals surface area contributed by atoms with Crippen LogP contribution in [0.15, 0.2) is 149 Å². The number of non-ortho nitro benzene ring substituents is 1. The minimum Gasteiger partial charge on any atom is -0.413 e. The predicted octanol–water partition coefficient (Wildman–Crippen LogP) is 15.3. The van der Waals surface area contributed by atoms with Crippen molar-refractivity contribution in [2.75, 3.05) is 56.8 Å². The molecule has 6 aromatic heterocycles. The standard InChI is InChI=1S/C27H36F2N5O6PSi.C21H22F2N5O6P.C18H29N5O3Si.C15H12F2NO6P/c1-15-17(13-38-41(36)37-10-9-21(39-41)16-7-8-18(28)19(29)11-16)22(40-42(5,6)27(2,3)4)12-20(15)34-14-31-23-24(34)32-26(30)33-25(23)35;1-10-12(16(29)7-15(10)28-9-25-18-19(28)26-21(24)27-20(18)30)8-33-35(31)32-5-4-17(34-35)11-2-3-13(22)14(23)6-11;1-10-11(8-24)13(26-27(5,6)18(2,3)4)7-12(10)23-9-20-14-15(23)21-17(19)22-16(14)25;16-13-6-1-10(9-14(13)17)15-7-8-22-25(21,24-15)23-12-4-2-11(3-5-12)18(19)20/h7-8,11,14,17,20-22H,1,9-10,12-13H2,2-6H3,(H3,30,32,33,35);2-3,6,9,12,15-17,29H,1,4-5,7-8H2,(H3,24,26,27,30);9,11-13,24H,1,7-8H2,2-6H3,(H3,19,21,22,25);1-6,9,15H,7-8H2/t17-,20-,21+,22-,41-;12-,15-,16-,17+,35-;11-,12-,13-;15-,25?/m0001/s1. The molecular formula is C81H99F6N16O21P3Si2. The molecule has 37 nitrogen and oxygen atoms in total. The fourth-order valence-electron chi connectivity index (χ4n) is 15.1. The molecule has 10 aromatic rings. The summed E-state index contributed by atoms with van der Waals surface area (Å²) in [4.78, 5) is 79.1. The lowest BCUT2D eigenvalue weighted by molar-refractivity contribution is -0.384. The number of benzene rings is 4. The van der Waals surface area contributed by atoms with Crippen LogP contribution in [-0.2, 0) is 58.7 Å². The number of hydrogen-bond acceptors (Lipinski definition) is 30. The third-order valence-corrected chi connectivity index (χ3v) is 37.6. The number of nitro benzene ring substituents is 1. The largest absolute Gasteiger partial charge is 0.530 e. The highest BCUT2D eigenvalue weighted by molar-refractivity contribution is 7.49. The van der Waals surface area contributed by atoms with Crippen molar-refractivity contribution in [1.29, 1.82) is 0 Å². The van der Waals surface area contributed by atoms with Crippen molar-refractivity contribution in [2.24, 2.45) is 17.8 Å². The molecule has 3 saturated heterocycles. The second-order valence-corrected chi connectivity index (χ2v) is 49.0. The van der Waals surface area contributed by atoms with Crippen molar-refractivity contribution in [2.45, 2.75) is 171 Å². The monoisotopic (exact) mass is 1890 g/mol. The topological polar surface area (TPSA) is 505 Å². The van der Waals surface area contributed by atoms with Crippen molar-refractivity contribution in [3.8, 4) is 5.75 Å². The van der Waals surface area contributed by atoms with Crippen LogP contribution in [0.3, 0.4) is 0 Å². The molecule has 3 aliphatic heterocycles. The first kappa shape index (κ1) is 96.5. The molecule has 0 bridgehead atoms. The van der Waals surface area contributed by atoms with Crippen LogP contribution in [0.5, 0.6) is 5.75 Å².